The zero-order chi connectivity index (χ0) is 27.8. The molecule has 1 N–H and O–H groups in total. The Hall–Kier alpha value is -3.33. The van der Waals surface area contributed by atoms with E-state index in [0.717, 1.165) is 35.2 Å². The van der Waals surface area contributed by atoms with Gasteiger partial charge in [-0.25, -0.2) is 0 Å². The van der Waals surface area contributed by atoms with E-state index in [1.165, 1.54) is 5.56 Å². The number of methoxy groups -OCH3 is 1. The molecule has 208 valence electrons. The third-order valence-corrected chi connectivity index (χ3v) is 7.36. The molecule has 1 aliphatic heterocycles. The second-order valence-corrected chi connectivity index (χ2v) is 10.7. The Morgan fingerprint density at radius 1 is 1.15 bits per heavy atom. The number of hydrogen-bond acceptors (Lipinski definition) is 7. The number of carbonyl (C=O) groups is 1. The lowest BCUT2D eigenvalue weighted by Crippen LogP contribution is -2.46. The molecular formula is C31H39N3O5. The second kappa shape index (κ2) is 13.2. The van der Waals surface area contributed by atoms with Crippen molar-refractivity contribution >= 4 is 12.0 Å². The van der Waals surface area contributed by atoms with Gasteiger partial charge in [-0.2, -0.15) is 4.98 Å². The number of rotatable bonds is 13. The zero-order valence-corrected chi connectivity index (χ0v) is 23.2. The summed E-state index contributed by atoms with van der Waals surface area (Å²) in [5.74, 6) is 0.803. The Morgan fingerprint density at radius 2 is 1.87 bits per heavy atom. The zero-order valence-electron chi connectivity index (χ0n) is 23.2. The second-order valence-electron chi connectivity index (χ2n) is 10.7. The van der Waals surface area contributed by atoms with E-state index in [2.05, 4.69) is 59.7 Å². The topological polar surface area (TPSA) is 97.9 Å². The predicted molar refractivity (Wildman–Crippen MR) is 151 cm³/mol. The standard InChI is InChI=1S/C31H39N3O5/c1-5-24-19-27(11-10-26(24)18-22(2)3)29-32-28(33-39-29)25-8-6-23(7-9-25)20-34-14-12-31(13-15-34,30(35)36)21-38-17-16-37-4/h5-11,19,22H,1,12-18,20-21H2,2-4H3,(H,35,36). The molecule has 8 nitrogen and oxygen atoms in total. The third-order valence-electron chi connectivity index (χ3n) is 7.36. The number of ether oxygens (including phenoxy) is 2. The molecule has 4 rings (SSSR count). The van der Waals surface area contributed by atoms with E-state index < -0.39 is 11.4 Å². The lowest BCUT2D eigenvalue weighted by molar-refractivity contribution is -0.157. The average molecular weight is 534 g/mol. The predicted octanol–water partition coefficient (Wildman–Crippen LogP) is 5.57. The fraction of sp³-hybridized carbons (Fsp3) is 0.452. The van der Waals surface area contributed by atoms with Crippen LogP contribution in [0.4, 0.5) is 0 Å². The lowest BCUT2D eigenvalue weighted by Gasteiger charge is -2.38. The van der Waals surface area contributed by atoms with E-state index in [-0.39, 0.29) is 6.61 Å². The molecule has 0 atom stereocenters. The summed E-state index contributed by atoms with van der Waals surface area (Å²) >= 11 is 0. The monoisotopic (exact) mass is 533 g/mol. The molecular weight excluding hydrogens is 494 g/mol. The first kappa shape index (κ1) is 28.7. The van der Waals surface area contributed by atoms with Crippen LogP contribution in [0, 0.1) is 11.3 Å². The van der Waals surface area contributed by atoms with Crippen molar-refractivity contribution in [2.24, 2.45) is 11.3 Å². The van der Waals surface area contributed by atoms with Gasteiger partial charge < -0.3 is 19.1 Å². The summed E-state index contributed by atoms with van der Waals surface area (Å²) in [6.45, 7) is 11.6. The van der Waals surface area contributed by atoms with E-state index in [0.29, 0.717) is 56.8 Å². The molecule has 8 heteroatoms. The van der Waals surface area contributed by atoms with Gasteiger partial charge in [0.2, 0.25) is 5.82 Å². The van der Waals surface area contributed by atoms with Crippen molar-refractivity contribution in [3.8, 4) is 22.8 Å². The van der Waals surface area contributed by atoms with E-state index in [9.17, 15) is 9.90 Å². The summed E-state index contributed by atoms with van der Waals surface area (Å²) < 4.78 is 16.2. The van der Waals surface area contributed by atoms with Crippen molar-refractivity contribution < 1.29 is 23.9 Å². The van der Waals surface area contributed by atoms with Crippen molar-refractivity contribution in [2.45, 2.75) is 39.7 Å². The van der Waals surface area contributed by atoms with Crippen LogP contribution in [0.1, 0.15) is 43.4 Å². The van der Waals surface area contributed by atoms with Gasteiger partial charge in [-0.1, -0.05) is 62.0 Å². The van der Waals surface area contributed by atoms with Crippen LogP contribution in [0.25, 0.3) is 28.9 Å². The summed E-state index contributed by atoms with van der Waals surface area (Å²) in [5, 5.41) is 14.1. The smallest absolute Gasteiger partial charge is 0.312 e. The van der Waals surface area contributed by atoms with Crippen molar-refractivity contribution in [3.05, 3.63) is 65.7 Å². The molecule has 0 aliphatic carbocycles. The van der Waals surface area contributed by atoms with Gasteiger partial charge in [0.05, 0.1) is 25.2 Å². The Balaban J connectivity index is 1.36. The number of carboxylic acid groups (broad SMARTS) is 1. The maximum Gasteiger partial charge on any atom is 0.312 e. The Bertz CT molecular complexity index is 1240. The van der Waals surface area contributed by atoms with Crippen molar-refractivity contribution in [2.75, 3.05) is 40.0 Å². The van der Waals surface area contributed by atoms with E-state index in [1.807, 2.05) is 24.3 Å². The molecule has 3 aromatic rings. The van der Waals surface area contributed by atoms with Crippen LogP contribution in [0.3, 0.4) is 0 Å². The summed E-state index contributed by atoms with van der Waals surface area (Å²) in [6, 6.07) is 14.3. The van der Waals surface area contributed by atoms with Crippen LogP contribution >= 0.6 is 0 Å². The highest BCUT2D eigenvalue weighted by atomic mass is 16.5. The fourth-order valence-corrected chi connectivity index (χ4v) is 4.99. The summed E-state index contributed by atoms with van der Waals surface area (Å²) in [7, 11) is 1.60. The summed E-state index contributed by atoms with van der Waals surface area (Å²) in [5.41, 5.74) is 4.42. The maximum atomic E-state index is 12.0. The summed E-state index contributed by atoms with van der Waals surface area (Å²) in [4.78, 5) is 18.9. The Labute approximate surface area is 230 Å². The number of likely N-dealkylation sites (tertiary alicyclic amines) is 1. The number of aliphatic carboxylic acids is 1. The number of hydrogen-bond donors (Lipinski definition) is 1. The number of piperidine rings is 1. The Kier molecular flexibility index (Phi) is 9.67. The largest absolute Gasteiger partial charge is 0.481 e. The Morgan fingerprint density at radius 3 is 2.51 bits per heavy atom. The first-order valence-corrected chi connectivity index (χ1v) is 13.5. The van der Waals surface area contributed by atoms with Gasteiger partial charge in [-0.3, -0.25) is 9.69 Å². The molecule has 2 heterocycles. The van der Waals surface area contributed by atoms with Gasteiger partial charge in [0, 0.05) is 24.8 Å². The van der Waals surface area contributed by atoms with Crippen LogP contribution in [0.15, 0.2) is 53.6 Å². The molecule has 0 radical (unpaired) electrons. The van der Waals surface area contributed by atoms with Crippen LogP contribution in [-0.4, -0.2) is 66.1 Å². The minimum Gasteiger partial charge on any atom is -0.481 e. The first-order valence-electron chi connectivity index (χ1n) is 13.5. The molecule has 0 amide bonds. The fourth-order valence-electron chi connectivity index (χ4n) is 4.99. The molecule has 0 spiro atoms. The molecule has 2 aromatic carbocycles. The van der Waals surface area contributed by atoms with Crippen LogP contribution in [0.2, 0.25) is 0 Å². The third kappa shape index (κ3) is 7.20. The molecule has 1 saturated heterocycles. The first-order chi connectivity index (χ1) is 18.8. The van der Waals surface area contributed by atoms with Gasteiger partial charge in [0.15, 0.2) is 0 Å². The van der Waals surface area contributed by atoms with Crippen molar-refractivity contribution in [1.82, 2.24) is 15.0 Å². The van der Waals surface area contributed by atoms with Crippen LogP contribution < -0.4 is 0 Å². The molecule has 0 unspecified atom stereocenters. The molecule has 1 fully saturated rings. The molecule has 0 saturated carbocycles. The van der Waals surface area contributed by atoms with E-state index >= 15 is 0 Å². The number of benzene rings is 2. The van der Waals surface area contributed by atoms with Gasteiger partial charge >= 0.3 is 5.97 Å². The average Bonchev–Trinajstić information content (AvgIpc) is 3.43. The number of carboxylic acids is 1. The van der Waals surface area contributed by atoms with E-state index in [4.69, 9.17) is 14.0 Å². The van der Waals surface area contributed by atoms with Crippen molar-refractivity contribution in [1.29, 1.82) is 0 Å². The molecule has 1 aromatic heterocycles. The van der Waals surface area contributed by atoms with Crippen molar-refractivity contribution in [3.63, 3.8) is 0 Å². The van der Waals surface area contributed by atoms with Gasteiger partial charge in [0.25, 0.3) is 5.89 Å². The summed E-state index contributed by atoms with van der Waals surface area (Å²) in [6.07, 6.45) is 3.98. The highest BCUT2D eigenvalue weighted by Crippen LogP contribution is 2.33. The number of nitrogens with zero attached hydrogens (tertiary/aromatic N) is 3. The highest BCUT2D eigenvalue weighted by Gasteiger charge is 2.41. The maximum absolute atomic E-state index is 12.0. The van der Waals surface area contributed by atoms with E-state index in [1.54, 1.807) is 7.11 Å². The highest BCUT2D eigenvalue weighted by molar-refractivity contribution is 5.75. The van der Waals surface area contributed by atoms with Gasteiger partial charge in [-0.15, -0.1) is 0 Å². The van der Waals surface area contributed by atoms with Gasteiger partial charge in [-0.05, 0) is 67.1 Å². The quantitative estimate of drug-likeness (QED) is 0.285. The lowest BCUT2D eigenvalue weighted by atomic mass is 9.79. The molecule has 1 aliphatic rings. The van der Waals surface area contributed by atoms with Gasteiger partial charge in [0.1, 0.15) is 0 Å². The number of aromatic nitrogens is 2. The minimum absolute atomic E-state index is 0.220. The minimum atomic E-state index is -0.828. The van der Waals surface area contributed by atoms with Crippen LogP contribution in [-0.2, 0) is 27.2 Å². The molecule has 39 heavy (non-hydrogen) atoms. The molecule has 0 bridgehead atoms. The normalized spacial score (nSPS) is 15.5. The van der Waals surface area contributed by atoms with Crippen LogP contribution in [0.5, 0.6) is 0 Å². The SMILES string of the molecule is C=Cc1cc(-c2nc(-c3ccc(CN4CCC(COCCOC)(C(=O)O)CC4)cc3)no2)ccc1CC(C)C.